The molecule has 3 aromatic heterocycles. The van der Waals surface area contributed by atoms with Crippen molar-refractivity contribution in [1.29, 1.82) is 0 Å². The second-order valence-electron chi connectivity index (χ2n) is 7.61. The van der Waals surface area contributed by atoms with Gasteiger partial charge < -0.3 is 15.0 Å². The largest absolute Gasteiger partial charge is 0.378 e. The van der Waals surface area contributed by atoms with E-state index in [9.17, 15) is 4.79 Å². The Kier molecular flexibility index (Phi) is 5.82. The number of carbonyl (C=O) groups excluding carboxylic acids is 1. The quantitative estimate of drug-likeness (QED) is 0.476. The molecule has 1 saturated heterocycles. The minimum atomic E-state index is -0.111. The number of hydrogen-bond acceptors (Lipinski definition) is 6. The number of hydrogen-bond donors (Lipinski definition) is 1. The van der Waals surface area contributed by atoms with Crippen molar-refractivity contribution in [3.05, 3.63) is 69.8 Å². The van der Waals surface area contributed by atoms with Crippen LogP contribution in [0.15, 0.2) is 48.7 Å². The van der Waals surface area contributed by atoms with Gasteiger partial charge >= 0.3 is 0 Å². The van der Waals surface area contributed by atoms with Crippen LogP contribution in [0.1, 0.15) is 20.9 Å². The maximum Gasteiger partial charge on any atom is 0.261 e. The highest BCUT2D eigenvalue weighted by atomic mass is 35.5. The summed E-state index contributed by atoms with van der Waals surface area (Å²) >= 11 is 7.57. The molecule has 7 nitrogen and oxygen atoms in total. The Morgan fingerprint density at radius 1 is 1.22 bits per heavy atom. The lowest BCUT2D eigenvalue weighted by Crippen LogP contribution is -2.36. The molecule has 1 fully saturated rings. The van der Waals surface area contributed by atoms with Gasteiger partial charge in [-0.1, -0.05) is 23.7 Å². The molecule has 1 aromatic carbocycles. The van der Waals surface area contributed by atoms with Crippen LogP contribution in [0.4, 0.5) is 5.82 Å². The minimum Gasteiger partial charge on any atom is -0.378 e. The van der Waals surface area contributed by atoms with Crippen LogP contribution in [0.25, 0.3) is 15.9 Å². The Hall–Kier alpha value is -2.94. The van der Waals surface area contributed by atoms with Gasteiger partial charge in [-0.05, 0) is 42.8 Å². The third kappa shape index (κ3) is 4.21. The average Bonchev–Trinajstić information content (AvgIpc) is 3.39. The van der Waals surface area contributed by atoms with Gasteiger partial charge in [0.2, 0.25) is 0 Å². The van der Waals surface area contributed by atoms with Crippen molar-refractivity contribution < 1.29 is 9.53 Å². The Bertz CT molecular complexity index is 1260. The molecule has 0 radical (unpaired) electrons. The standard InChI is InChI=1S/C23H22ClN5O2S/c1-15-19-12-20(32-23(19)29(27-15)18-4-2-3-17(24)11-18)22(30)26-14-16-5-6-21(25-13-16)28-7-9-31-10-8-28/h2-6,11-13H,7-10,14H2,1H3,(H,26,30). The topological polar surface area (TPSA) is 72.3 Å². The van der Waals surface area contributed by atoms with E-state index < -0.39 is 0 Å². The molecule has 164 valence electrons. The number of pyridine rings is 1. The van der Waals surface area contributed by atoms with Crippen molar-refractivity contribution in [1.82, 2.24) is 20.1 Å². The Labute approximate surface area is 194 Å². The molecule has 4 aromatic rings. The molecule has 0 saturated carbocycles. The summed E-state index contributed by atoms with van der Waals surface area (Å²) in [7, 11) is 0. The van der Waals surface area contributed by atoms with Crippen LogP contribution in [-0.4, -0.2) is 47.0 Å². The van der Waals surface area contributed by atoms with Gasteiger partial charge in [-0.2, -0.15) is 5.10 Å². The maximum atomic E-state index is 12.8. The molecule has 0 bridgehead atoms. The lowest BCUT2D eigenvalue weighted by molar-refractivity contribution is 0.0955. The molecule has 1 aliphatic rings. The summed E-state index contributed by atoms with van der Waals surface area (Å²) in [5, 5.41) is 9.23. The average molecular weight is 468 g/mol. The second kappa shape index (κ2) is 8.90. The van der Waals surface area contributed by atoms with Gasteiger partial charge in [0.05, 0.1) is 29.5 Å². The van der Waals surface area contributed by atoms with E-state index in [0.29, 0.717) is 16.4 Å². The molecular weight excluding hydrogens is 446 g/mol. The zero-order chi connectivity index (χ0) is 22.1. The Morgan fingerprint density at radius 3 is 2.81 bits per heavy atom. The number of ether oxygens (including phenoxy) is 1. The van der Waals surface area contributed by atoms with Crippen molar-refractivity contribution >= 4 is 44.9 Å². The number of nitrogens with one attached hydrogen (secondary N) is 1. The highest BCUT2D eigenvalue weighted by Crippen LogP contribution is 2.31. The number of thiophene rings is 1. The smallest absolute Gasteiger partial charge is 0.261 e. The monoisotopic (exact) mass is 467 g/mol. The lowest BCUT2D eigenvalue weighted by atomic mass is 10.2. The molecule has 0 aliphatic carbocycles. The summed E-state index contributed by atoms with van der Waals surface area (Å²) in [6.07, 6.45) is 1.82. The summed E-state index contributed by atoms with van der Waals surface area (Å²) in [6, 6.07) is 13.4. The maximum absolute atomic E-state index is 12.8. The fraction of sp³-hybridized carbons (Fsp3) is 0.261. The lowest BCUT2D eigenvalue weighted by Gasteiger charge is -2.27. The van der Waals surface area contributed by atoms with E-state index in [4.69, 9.17) is 16.3 Å². The Morgan fingerprint density at radius 2 is 2.06 bits per heavy atom. The fourth-order valence-electron chi connectivity index (χ4n) is 3.71. The summed E-state index contributed by atoms with van der Waals surface area (Å²) in [5.74, 6) is 0.828. The van der Waals surface area contributed by atoms with Crippen molar-refractivity contribution in [3.63, 3.8) is 0 Å². The van der Waals surface area contributed by atoms with E-state index in [1.807, 2.05) is 60.3 Å². The van der Waals surface area contributed by atoms with Crippen LogP contribution in [-0.2, 0) is 11.3 Å². The first-order valence-corrected chi connectivity index (χ1v) is 11.6. The molecule has 9 heteroatoms. The fourth-order valence-corrected chi connectivity index (χ4v) is 5.00. The normalized spacial score (nSPS) is 14.1. The molecular formula is C23H22ClN5O2S. The van der Waals surface area contributed by atoms with Crippen LogP contribution in [0, 0.1) is 6.92 Å². The summed E-state index contributed by atoms with van der Waals surface area (Å²) < 4.78 is 7.23. The van der Waals surface area contributed by atoms with E-state index in [-0.39, 0.29) is 5.91 Å². The van der Waals surface area contributed by atoms with Crippen molar-refractivity contribution in [3.8, 4) is 5.69 Å². The predicted octanol–water partition coefficient (Wildman–Crippen LogP) is 4.21. The van der Waals surface area contributed by atoms with E-state index >= 15 is 0 Å². The van der Waals surface area contributed by atoms with Crippen molar-refractivity contribution in [2.45, 2.75) is 13.5 Å². The number of nitrogens with zero attached hydrogens (tertiary/aromatic N) is 4. The highest BCUT2D eigenvalue weighted by Gasteiger charge is 2.17. The number of carbonyl (C=O) groups is 1. The van der Waals surface area contributed by atoms with Gasteiger partial charge in [0.25, 0.3) is 5.91 Å². The third-order valence-electron chi connectivity index (χ3n) is 5.42. The number of fused-ring (bicyclic) bond motifs is 1. The number of halogens is 1. The minimum absolute atomic E-state index is 0.111. The molecule has 32 heavy (non-hydrogen) atoms. The number of morpholine rings is 1. The molecule has 1 amide bonds. The first-order chi connectivity index (χ1) is 15.6. The van der Waals surface area contributed by atoms with Gasteiger partial charge in [0, 0.05) is 36.2 Å². The molecule has 1 N–H and O–H groups in total. The van der Waals surface area contributed by atoms with Gasteiger partial charge in [-0.25, -0.2) is 9.67 Å². The number of amides is 1. The highest BCUT2D eigenvalue weighted by molar-refractivity contribution is 7.20. The Balaban J connectivity index is 1.29. The van der Waals surface area contributed by atoms with Crippen LogP contribution in [0.5, 0.6) is 0 Å². The molecule has 4 heterocycles. The molecule has 1 aliphatic heterocycles. The number of aryl methyl sites for hydroxylation is 1. The summed E-state index contributed by atoms with van der Waals surface area (Å²) in [5.41, 5.74) is 2.70. The van der Waals surface area contributed by atoms with Crippen LogP contribution in [0.3, 0.4) is 0 Å². The zero-order valence-corrected chi connectivity index (χ0v) is 19.1. The van der Waals surface area contributed by atoms with Gasteiger partial charge in [0.1, 0.15) is 10.6 Å². The van der Waals surface area contributed by atoms with Gasteiger partial charge in [0.15, 0.2) is 0 Å². The number of rotatable bonds is 5. The van der Waals surface area contributed by atoms with Gasteiger partial charge in [-0.3, -0.25) is 4.79 Å². The van der Waals surface area contributed by atoms with E-state index in [0.717, 1.165) is 59.3 Å². The predicted molar refractivity (Wildman–Crippen MR) is 127 cm³/mol. The number of aromatic nitrogens is 3. The van der Waals surface area contributed by atoms with Crippen LogP contribution in [0.2, 0.25) is 5.02 Å². The molecule has 0 atom stereocenters. The van der Waals surface area contributed by atoms with Gasteiger partial charge in [-0.15, -0.1) is 11.3 Å². The van der Waals surface area contributed by atoms with Crippen molar-refractivity contribution in [2.24, 2.45) is 0 Å². The molecule has 5 rings (SSSR count). The second-order valence-corrected chi connectivity index (χ2v) is 9.08. The van der Waals surface area contributed by atoms with E-state index in [1.165, 1.54) is 11.3 Å². The SMILES string of the molecule is Cc1nn(-c2cccc(Cl)c2)c2sc(C(=O)NCc3ccc(N4CCOCC4)nc3)cc12. The number of benzene rings is 1. The summed E-state index contributed by atoms with van der Waals surface area (Å²) in [6.45, 7) is 5.51. The number of anilines is 1. The first kappa shape index (κ1) is 20.9. The first-order valence-electron chi connectivity index (χ1n) is 10.4. The molecule has 0 unspecified atom stereocenters. The zero-order valence-electron chi connectivity index (χ0n) is 17.5. The summed E-state index contributed by atoms with van der Waals surface area (Å²) in [4.78, 5) is 21.1. The van der Waals surface area contributed by atoms with Crippen LogP contribution < -0.4 is 10.2 Å². The molecule has 0 spiro atoms. The van der Waals surface area contributed by atoms with Crippen molar-refractivity contribution in [2.75, 3.05) is 31.2 Å². The van der Waals surface area contributed by atoms with E-state index in [2.05, 4.69) is 20.3 Å². The van der Waals surface area contributed by atoms with E-state index in [1.54, 1.807) is 0 Å². The third-order valence-corrected chi connectivity index (χ3v) is 6.76. The van der Waals surface area contributed by atoms with Crippen LogP contribution >= 0.6 is 22.9 Å².